The zero-order valence-corrected chi connectivity index (χ0v) is 58.8. The molecule has 0 bridgehead atoms. The van der Waals surface area contributed by atoms with Crippen LogP contribution in [0.2, 0.25) is 0 Å². The zero-order chi connectivity index (χ0) is 61.9. The number of carbonyl (C=O) groups excluding carboxylic acids is 1. The summed E-state index contributed by atoms with van der Waals surface area (Å²) in [4.78, 5) is 23.4. The molecule has 0 heterocycles. The van der Waals surface area contributed by atoms with Gasteiger partial charge in [-0.2, -0.15) is 0 Å². The number of phosphoric acid groups is 1. The summed E-state index contributed by atoms with van der Waals surface area (Å²) in [6, 6.07) is -0.863. The molecular weight excluding hydrogens is 1070 g/mol. The number of hydrogen-bond acceptors (Lipinski definition) is 5. The number of nitrogens with one attached hydrogen (secondary N) is 1. The largest absolute Gasteiger partial charge is 0.472 e. The molecule has 0 spiro atoms. The van der Waals surface area contributed by atoms with Gasteiger partial charge in [-0.05, 0) is 57.8 Å². The van der Waals surface area contributed by atoms with Gasteiger partial charge in [-0.25, -0.2) is 4.57 Å². The van der Waals surface area contributed by atoms with Gasteiger partial charge in [0.15, 0.2) is 0 Å². The van der Waals surface area contributed by atoms with E-state index in [1.54, 1.807) is 6.08 Å². The van der Waals surface area contributed by atoms with Crippen LogP contribution in [0.4, 0.5) is 0 Å². The topological polar surface area (TPSA) is 105 Å². The number of quaternary nitrogens is 1. The van der Waals surface area contributed by atoms with Crippen LogP contribution in [-0.4, -0.2) is 73.4 Å². The molecule has 504 valence electrons. The van der Waals surface area contributed by atoms with Gasteiger partial charge in [0.05, 0.1) is 39.9 Å². The van der Waals surface area contributed by atoms with Crippen molar-refractivity contribution in [3.05, 3.63) is 36.5 Å². The molecule has 3 unspecified atom stereocenters. The minimum atomic E-state index is -4.36. The van der Waals surface area contributed by atoms with Crippen molar-refractivity contribution in [1.29, 1.82) is 0 Å². The van der Waals surface area contributed by atoms with Gasteiger partial charge in [-0.15, -0.1) is 0 Å². The Hall–Kier alpha value is -1.28. The maximum Gasteiger partial charge on any atom is 0.472 e. The molecule has 0 rings (SSSR count). The van der Waals surface area contributed by atoms with E-state index in [1.807, 2.05) is 27.2 Å². The van der Waals surface area contributed by atoms with Gasteiger partial charge in [0.25, 0.3) is 0 Å². The first kappa shape index (κ1) is 83.7. The van der Waals surface area contributed by atoms with E-state index in [9.17, 15) is 19.4 Å². The highest BCUT2D eigenvalue weighted by Gasteiger charge is 2.28. The van der Waals surface area contributed by atoms with Gasteiger partial charge in [0, 0.05) is 6.42 Å². The van der Waals surface area contributed by atoms with Gasteiger partial charge in [0.1, 0.15) is 13.2 Å². The van der Waals surface area contributed by atoms with Crippen molar-refractivity contribution in [2.24, 2.45) is 0 Å². The number of aliphatic hydroxyl groups is 1. The van der Waals surface area contributed by atoms with E-state index in [-0.39, 0.29) is 19.1 Å². The van der Waals surface area contributed by atoms with Crippen LogP contribution in [0.1, 0.15) is 393 Å². The lowest BCUT2D eigenvalue weighted by Crippen LogP contribution is -2.45. The summed E-state index contributed by atoms with van der Waals surface area (Å²) in [6.45, 7) is 4.86. The maximum absolute atomic E-state index is 13.1. The quantitative estimate of drug-likeness (QED) is 0.0243. The van der Waals surface area contributed by atoms with Crippen molar-refractivity contribution < 1.29 is 32.9 Å². The van der Waals surface area contributed by atoms with Crippen LogP contribution in [0.5, 0.6) is 0 Å². The summed E-state index contributed by atoms with van der Waals surface area (Å²) in [5.74, 6) is -0.178. The lowest BCUT2D eigenvalue weighted by molar-refractivity contribution is -0.870. The van der Waals surface area contributed by atoms with Crippen LogP contribution < -0.4 is 5.32 Å². The van der Waals surface area contributed by atoms with Crippen LogP contribution >= 0.6 is 7.82 Å². The van der Waals surface area contributed by atoms with E-state index < -0.39 is 20.0 Å². The number of hydrogen-bond donors (Lipinski definition) is 3. The van der Waals surface area contributed by atoms with Crippen molar-refractivity contribution in [2.75, 3.05) is 40.9 Å². The molecule has 0 aliphatic heterocycles. The Labute approximate surface area is 531 Å². The molecule has 0 aliphatic rings. The molecule has 1 amide bonds. The summed E-state index contributed by atoms with van der Waals surface area (Å²) < 4.78 is 23.8. The standard InChI is InChI=1S/C76H149N2O6P/c1-6-8-10-12-14-16-18-20-22-24-26-28-30-32-34-36-37-38-39-40-41-42-44-46-48-50-52-54-56-58-60-62-64-66-68-70-76(80)77-74(73-84-85(81,82)83-72-71-78(3,4)5)75(79)69-67-65-63-61-59-57-55-53-51-49-47-45-43-35-33-31-29-27-25-23-21-19-17-15-13-11-9-7-2/h24,26,59,61,67,69,74-75,79H,6-23,25,27-58,60,62-66,68,70-73H2,1-5H3,(H-,77,80,81,82)/p+1/b26-24-,61-59+,69-67+. The number of aliphatic hydroxyl groups excluding tert-OH is 1. The molecule has 0 aromatic carbocycles. The Bertz CT molecular complexity index is 1480. The predicted molar refractivity (Wildman–Crippen MR) is 374 cm³/mol. The molecule has 9 heteroatoms. The zero-order valence-electron chi connectivity index (χ0n) is 57.9. The van der Waals surface area contributed by atoms with Crippen molar-refractivity contribution in [1.82, 2.24) is 5.32 Å². The van der Waals surface area contributed by atoms with Crippen molar-refractivity contribution in [3.63, 3.8) is 0 Å². The van der Waals surface area contributed by atoms with Crippen LogP contribution in [0, 0.1) is 0 Å². The second kappa shape index (κ2) is 67.1. The van der Waals surface area contributed by atoms with Crippen LogP contribution in [-0.2, 0) is 18.4 Å². The minimum Gasteiger partial charge on any atom is -0.387 e. The molecule has 0 aromatic heterocycles. The van der Waals surface area contributed by atoms with Crippen molar-refractivity contribution in [2.45, 2.75) is 405 Å². The SMILES string of the molecule is CCCCCCCCCC/C=C\CCCCCCCCCCCCCCCCCCCCCCCCCC(=O)NC(COP(=O)(O)OCC[N+](C)(C)C)C(O)/C=C/CC/C=C/CCCCCCCCCCCCCCCCCCCCCCCC. The number of likely N-dealkylation sites (N-methyl/N-ethyl adjacent to an activating group) is 1. The summed E-state index contributed by atoms with van der Waals surface area (Å²) in [6.07, 6.45) is 90.4. The monoisotopic (exact) mass is 1220 g/mol. The number of rotatable bonds is 71. The first-order chi connectivity index (χ1) is 41.5. The average Bonchev–Trinajstić information content (AvgIpc) is 3.48. The number of carbonyl (C=O) groups is 1. The molecule has 0 aliphatic carbocycles. The van der Waals surface area contributed by atoms with Crippen molar-refractivity contribution >= 4 is 13.7 Å². The fraction of sp³-hybridized carbons (Fsp3) is 0.908. The number of nitrogens with zero attached hydrogens (tertiary/aromatic N) is 1. The first-order valence-electron chi connectivity index (χ1n) is 37.9. The number of amides is 1. The van der Waals surface area contributed by atoms with Gasteiger partial charge in [-0.3, -0.25) is 13.8 Å². The summed E-state index contributed by atoms with van der Waals surface area (Å²) in [7, 11) is 1.57. The highest BCUT2D eigenvalue weighted by atomic mass is 31.2. The van der Waals surface area contributed by atoms with Gasteiger partial charge < -0.3 is 19.8 Å². The second-order valence-corrected chi connectivity index (χ2v) is 28.8. The maximum atomic E-state index is 13.1. The van der Waals surface area contributed by atoms with E-state index in [0.717, 1.165) is 38.5 Å². The molecule has 8 nitrogen and oxygen atoms in total. The van der Waals surface area contributed by atoms with Crippen LogP contribution in [0.25, 0.3) is 0 Å². The van der Waals surface area contributed by atoms with E-state index in [2.05, 4.69) is 43.5 Å². The highest BCUT2D eigenvalue weighted by molar-refractivity contribution is 7.47. The van der Waals surface area contributed by atoms with E-state index in [0.29, 0.717) is 17.4 Å². The first-order valence-corrected chi connectivity index (χ1v) is 39.4. The van der Waals surface area contributed by atoms with E-state index >= 15 is 0 Å². The molecule has 0 saturated heterocycles. The lowest BCUT2D eigenvalue weighted by atomic mass is 10.0. The van der Waals surface area contributed by atoms with Crippen LogP contribution in [0.15, 0.2) is 36.5 Å². The third-order valence-electron chi connectivity index (χ3n) is 17.6. The molecule has 0 saturated carbocycles. The predicted octanol–water partition coefficient (Wildman–Crippen LogP) is 24.4. The molecule has 0 radical (unpaired) electrons. The molecule has 3 atom stereocenters. The normalized spacial score (nSPS) is 13.7. The molecular formula is C76H150N2O6P+. The average molecular weight is 1220 g/mol. The fourth-order valence-electron chi connectivity index (χ4n) is 11.7. The van der Waals surface area contributed by atoms with Gasteiger partial charge in [-0.1, -0.05) is 365 Å². The Balaban J connectivity index is 4.00. The number of unbranched alkanes of at least 4 members (excludes halogenated alkanes) is 54. The third kappa shape index (κ3) is 70.0. The third-order valence-corrected chi connectivity index (χ3v) is 18.6. The Morgan fingerprint density at radius 1 is 0.388 bits per heavy atom. The smallest absolute Gasteiger partial charge is 0.387 e. The number of allylic oxidation sites excluding steroid dienone is 5. The summed E-state index contributed by atoms with van der Waals surface area (Å²) in [5.41, 5.74) is 0. The Kier molecular flexibility index (Phi) is 66.1. The summed E-state index contributed by atoms with van der Waals surface area (Å²) in [5, 5.41) is 14.0. The molecule has 3 N–H and O–H groups in total. The fourth-order valence-corrected chi connectivity index (χ4v) is 12.4. The summed E-state index contributed by atoms with van der Waals surface area (Å²) >= 11 is 0. The van der Waals surface area contributed by atoms with E-state index in [4.69, 9.17) is 9.05 Å². The van der Waals surface area contributed by atoms with Gasteiger partial charge >= 0.3 is 7.82 Å². The molecule has 0 aromatic rings. The lowest BCUT2D eigenvalue weighted by Gasteiger charge is -2.25. The highest BCUT2D eigenvalue weighted by Crippen LogP contribution is 2.43. The van der Waals surface area contributed by atoms with Gasteiger partial charge in [0.2, 0.25) is 5.91 Å². The van der Waals surface area contributed by atoms with Crippen LogP contribution in [0.3, 0.4) is 0 Å². The van der Waals surface area contributed by atoms with E-state index in [1.165, 1.54) is 334 Å². The van der Waals surface area contributed by atoms with Crippen molar-refractivity contribution in [3.8, 4) is 0 Å². The minimum absolute atomic E-state index is 0.0583. The second-order valence-electron chi connectivity index (χ2n) is 27.4. The Morgan fingerprint density at radius 2 is 0.647 bits per heavy atom. The molecule has 0 fully saturated rings. The molecule has 85 heavy (non-hydrogen) atoms. The Morgan fingerprint density at radius 3 is 0.941 bits per heavy atom. The number of phosphoric ester groups is 1.